The highest BCUT2D eigenvalue weighted by Crippen LogP contribution is 2.12. The van der Waals surface area contributed by atoms with Crippen molar-refractivity contribution < 1.29 is 9.53 Å². The summed E-state index contributed by atoms with van der Waals surface area (Å²) >= 11 is 0. The molecule has 1 amide bonds. The van der Waals surface area contributed by atoms with Gasteiger partial charge in [0.15, 0.2) is 6.61 Å². The van der Waals surface area contributed by atoms with Gasteiger partial charge in [0.2, 0.25) is 0 Å². The summed E-state index contributed by atoms with van der Waals surface area (Å²) in [4.78, 5) is 11.4. The predicted octanol–water partition coefficient (Wildman–Crippen LogP) is 1.56. The highest BCUT2D eigenvalue weighted by Gasteiger charge is 2.05. The van der Waals surface area contributed by atoms with E-state index in [4.69, 9.17) is 10.5 Å². The quantitative estimate of drug-likeness (QED) is 0.743. The van der Waals surface area contributed by atoms with Gasteiger partial charge in [0.25, 0.3) is 5.91 Å². The number of hydrogen-bond donors (Lipinski definition) is 2. The molecule has 1 atom stereocenters. The lowest BCUT2D eigenvalue weighted by molar-refractivity contribution is -0.123. The molecular formula is C12H18N2O2. The fraction of sp³-hybridized carbons (Fsp3) is 0.417. The summed E-state index contributed by atoms with van der Waals surface area (Å²) in [7, 11) is 0. The lowest BCUT2D eigenvalue weighted by Crippen LogP contribution is -2.35. The van der Waals surface area contributed by atoms with Crippen LogP contribution in [0, 0.1) is 0 Å². The Hall–Kier alpha value is -1.71. The average Bonchev–Trinajstić information content (AvgIpc) is 2.28. The highest BCUT2D eigenvalue weighted by molar-refractivity contribution is 5.77. The first-order valence-corrected chi connectivity index (χ1v) is 5.39. The van der Waals surface area contributed by atoms with E-state index in [0.29, 0.717) is 11.4 Å². The standard InChI is InChI=1S/C12H18N2O2/c1-3-9(2)14-12(15)8-16-11-6-4-10(13)5-7-11/h4-7,9H,3,8,13H2,1-2H3,(H,14,15). The van der Waals surface area contributed by atoms with Gasteiger partial charge in [-0.25, -0.2) is 0 Å². The molecule has 0 aliphatic carbocycles. The zero-order chi connectivity index (χ0) is 12.0. The number of nitrogens with two attached hydrogens (primary N) is 1. The number of carbonyl (C=O) groups is 1. The van der Waals surface area contributed by atoms with Crippen molar-refractivity contribution in [2.45, 2.75) is 26.3 Å². The number of nitrogens with one attached hydrogen (secondary N) is 1. The van der Waals surface area contributed by atoms with E-state index in [9.17, 15) is 4.79 Å². The molecule has 0 saturated carbocycles. The summed E-state index contributed by atoms with van der Waals surface area (Å²) in [6, 6.07) is 7.14. The molecule has 0 aliphatic rings. The Morgan fingerprint density at radius 2 is 2.06 bits per heavy atom. The Morgan fingerprint density at radius 1 is 1.44 bits per heavy atom. The molecule has 88 valence electrons. The molecular weight excluding hydrogens is 204 g/mol. The first-order valence-electron chi connectivity index (χ1n) is 5.39. The second-order valence-corrected chi connectivity index (χ2v) is 3.73. The summed E-state index contributed by atoms with van der Waals surface area (Å²) in [5, 5.41) is 2.82. The number of amides is 1. The Morgan fingerprint density at radius 3 is 2.62 bits per heavy atom. The van der Waals surface area contributed by atoms with E-state index >= 15 is 0 Å². The van der Waals surface area contributed by atoms with E-state index in [1.54, 1.807) is 24.3 Å². The molecule has 0 aliphatic heterocycles. The van der Waals surface area contributed by atoms with Crippen molar-refractivity contribution in [2.24, 2.45) is 0 Å². The van der Waals surface area contributed by atoms with Gasteiger partial charge >= 0.3 is 0 Å². The first-order chi connectivity index (χ1) is 7.61. The van der Waals surface area contributed by atoms with Gasteiger partial charge in [0.05, 0.1) is 0 Å². The van der Waals surface area contributed by atoms with E-state index in [2.05, 4.69) is 5.32 Å². The third-order valence-electron chi connectivity index (χ3n) is 2.27. The SMILES string of the molecule is CCC(C)NC(=O)COc1ccc(N)cc1. The highest BCUT2D eigenvalue weighted by atomic mass is 16.5. The minimum Gasteiger partial charge on any atom is -0.484 e. The van der Waals surface area contributed by atoms with E-state index in [1.807, 2.05) is 13.8 Å². The summed E-state index contributed by atoms with van der Waals surface area (Å²) in [5.74, 6) is 0.541. The van der Waals surface area contributed by atoms with Crippen LogP contribution in [0.15, 0.2) is 24.3 Å². The molecule has 4 heteroatoms. The van der Waals surface area contributed by atoms with Crippen LogP contribution < -0.4 is 15.8 Å². The molecule has 3 N–H and O–H groups in total. The second-order valence-electron chi connectivity index (χ2n) is 3.73. The lowest BCUT2D eigenvalue weighted by atomic mass is 10.2. The fourth-order valence-electron chi connectivity index (χ4n) is 1.13. The fourth-order valence-corrected chi connectivity index (χ4v) is 1.13. The first kappa shape index (κ1) is 12.4. The van der Waals surface area contributed by atoms with Crippen molar-refractivity contribution in [3.63, 3.8) is 0 Å². The van der Waals surface area contributed by atoms with E-state index < -0.39 is 0 Å². The van der Waals surface area contributed by atoms with Crippen LogP contribution in [0.25, 0.3) is 0 Å². The van der Waals surface area contributed by atoms with Crippen molar-refractivity contribution in [3.05, 3.63) is 24.3 Å². The van der Waals surface area contributed by atoms with Gasteiger partial charge < -0.3 is 15.8 Å². The summed E-state index contributed by atoms with van der Waals surface area (Å²) in [6.45, 7) is 4.02. The molecule has 16 heavy (non-hydrogen) atoms. The molecule has 0 bridgehead atoms. The molecule has 0 fully saturated rings. The topological polar surface area (TPSA) is 64.3 Å². The molecule has 1 unspecified atom stereocenters. The van der Waals surface area contributed by atoms with Gasteiger partial charge in [-0.2, -0.15) is 0 Å². The third-order valence-corrected chi connectivity index (χ3v) is 2.27. The zero-order valence-corrected chi connectivity index (χ0v) is 9.69. The number of ether oxygens (including phenoxy) is 1. The minimum atomic E-state index is -0.105. The Balaban J connectivity index is 2.34. The monoisotopic (exact) mass is 222 g/mol. The molecule has 1 rings (SSSR count). The van der Waals surface area contributed by atoms with Gasteiger partial charge in [0, 0.05) is 11.7 Å². The van der Waals surface area contributed by atoms with Crippen molar-refractivity contribution >= 4 is 11.6 Å². The van der Waals surface area contributed by atoms with Crippen molar-refractivity contribution in [2.75, 3.05) is 12.3 Å². The van der Waals surface area contributed by atoms with E-state index in [-0.39, 0.29) is 18.6 Å². The van der Waals surface area contributed by atoms with Gasteiger partial charge in [-0.1, -0.05) is 6.92 Å². The predicted molar refractivity (Wildman–Crippen MR) is 64.2 cm³/mol. The number of rotatable bonds is 5. The summed E-state index contributed by atoms with van der Waals surface area (Å²) in [5.41, 5.74) is 6.21. The minimum absolute atomic E-state index is 0.0360. The van der Waals surface area contributed by atoms with Crippen LogP contribution in [0.1, 0.15) is 20.3 Å². The number of hydrogen-bond acceptors (Lipinski definition) is 3. The van der Waals surface area contributed by atoms with Crippen LogP contribution in [-0.4, -0.2) is 18.6 Å². The van der Waals surface area contributed by atoms with Crippen molar-refractivity contribution in [1.82, 2.24) is 5.32 Å². The van der Waals surface area contributed by atoms with Gasteiger partial charge in [-0.15, -0.1) is 0 Å². The molecule has 0 spiro atoms. The smallest absolute Gasteiger partial charge is 0.258 e. The Kier molecular flexibility index (Phi) is 4.64. The van der Waals surface area contributed by atoms with Crippen molar-refractivity contribution in [1.29, 1.82) is 0 Å². The molecule has 0 radical (unpaired) electrons. The molecule has 0 saturated heterocycles. The lowest BCUT2D eigenvalue weighted by Gasteiger charge is -2.12. The second kappa shape index (κ2) is 6.00. The van der Waals surface area contributed by atoms with E-state index in [0.717, 1.165) is 6.42 Å². The molecule has 0 heterocycles. The average molecular weight is 222 g/mol. The Bertz CT molecular complexity index is 335. The van der Waals surface area contributed by atoms with Gasteiger partial charge in [-0.05, 0) is 37.6 Å². The third kappa shape index (κ3) is 4.21. The molecule has 4 nitrogen and oxygen atoms in total. The normalized spacial score (nSPS) is 11.9. The largest absolute Gasteiger partial charge is 0.484 e. The van der Waals surface area contributed by atoms with Crippen LogP contribution in [0.2, 0.25) is 0 Å². The van der Waals surface area contributed by atoms with Crippen LogP contribution >= 0.6 is 0 Å². The van der Waals surface area contributed by atoms with Crippen molar-refractivity contribution in [3.8, 4) is 5.75 Å². The maximum Gasteiger partial charge on any atom is 0.258 e. The summed E-state index contributed by atoms with van der Waals surface area (Å²) < 4.78 is 5.30. The van der Waals surface area contributed by atoms with Crippen LogP contribution in [0.4, 0.5) is 5.69 Å². The Labute approximate surface area is 95.8 Å². The maximum absolute atomic E-state index is 11.4. The number of nitrogen functional groups attached to an aromatic ring is 1. The molecule has 1 aromatic carbocycles. The van der Waals surface area contributed by atoms with Crippen LogP contribution in [0.5, 0.6) is 5.75 Å². The number of anilines is 1. The maximum atomic E-state index is 11.4. The number of benzene rings is 1. The molecule has 1 aromatic rings. The van der Waals surface area contributed by atoms with E-state index in [1.165, 1.54) is 0 Å². The van der Waals surface area contributed by atoms with Crippen LogP contribution in [-0.2, 0) is 4.79 Å². The zero-order valence-electron chi connectivity index (χ0n) is 9.69. The van der Waals surface area contributed by atoms with Gasteiger partial charge in [-0.3, -0.25) is 4.79 Å². The van der Waals surface area contributed by atoms with Crippen LogP contribution in [0.3, 0.4) is 0 Å². The summed E-state index contributed by atoms with van der Waals surface area (Å²) in [6.07, 6.45) is 0.910. The van der Waals surface area contributed by atoms with Gasteiger partial charge in [0.1, 0.15) is 5.75 Å². The number of carbonyl (C=O) groups excluding carboxylic acids is 1. The molecule has 0 aromatic heterocycles.